The lowest BCUT2D eigenvalue weighted by atomic mass is 10.3. The first-order chi connectivity index (χ1) is 15.2. The molecular formula is C20H22N4O6S2. The fourth-order valence-electron chi connectivity index (χ4n) is 2.80. The first kappa shape index (κ1) is 23.4. The third-order valence-electron chi connectivity index (χ3n) is 4.26. The van der Waals surface area contributed by atoms with Crippen molar-refractivity contribution in [2.75, 3.05) is 31.4 Å². The maximum atomic E-state index is 12.5. The van der Waals surface area contributed by atoms with E-state index in [1.807, 2.05) is 0 Å². The number of aromatic nitrogens is 1. The van der Waals surface area contributed by atoms with E-state index >= 15 is 0 Å². The van der Waals surface area contributed by atoms with Crippen molar-refractivity contribution in [2.24, 2.45) is 0 Å². The van der Waals surface area contributed by atoms with E-state index in [1.165, 1.54) is 50.7 Å². The molecule has 3 aromatic rings. The maximum absolute atomic E-state index is 12.5. The standard InChI is InChI=1S/C20H22N4O6S2/c1-12(25)22-20-24-15-6-4-13(10-18(15)31-20)23-19(26)8-9-21-32(27,28)14-5-7-16(29-2)17(11-14)30-3/h4-7,10-11,21H,8-9H2,1-3H3,(H,23,26)(H,22,24,25). The van der Waals surface area contributed by atoms with Crippen LogP contribution in [-0.4, -0.2) is 46.0 Å². The number of nitrogens with one attached hydrogen (secondary N) is 3. The van der Waals surface area contributed by atoms with Gasteiger partial charge < -0.3 is 20.1 Å². The molecule has 0 radical (unpaired) electrons. The number of carbonyl (C=O) groups excluding carboxylic acids is 2. The smallest absolute Gasteiger partial charge is 0.240 e. The second kappa shape index (κ2) is 9.94. The Morgan fingerprint density at radius 2 is 1.78 bits per heavy atom. The molecule has 10 nitrogen and oxygen atoms in total. The Labute approximate surface area is 189 Å². The lowest BCUT2D eigenvalue weighted by Crippen LogP contribution is -2.27. The van der Waals surface area contributed by atoms with E-state index in [9.17, 15) is 18.0 Å². The first-order valence-electron chi connectivity index (χ1n) is 9.41. The van der Waals surface area contributed by atoms with Crippen LogP contribution in [0.15, 0.2) is 41.3 Å². The third-order valence-corrected chi connectivity index (χ3v) is 6.66. The number of anilines is 2. The van der Waals surface area contributed by atoms with E-state index in [2.05, 4.69) is 20.3 Å². The van der Waals surface area contributed by atoms with Gasteiger partial charge in [0.25, 0.3) is 0 Å². The minimum absolute atomic E-state index is 0.00109. The molecule has 1 heterocycles. The molecule has 2 amide bonds. The van der Waals surface area contributed by atoms with Crippen molar-refractivity contribution in [3.63, 3.8) is 0 Å². The van der Waals surface area contributed by atoms with Crippen LogP contribution in [0.3, 0.4) is 0 Å². The summed E-state index contributed by atoms with van der Waals surface area (Å²) >= 11 is 1.29. The Morgan fingerprint density at radius 3 is 2.47 bits per heavy atom. The molecule has 1 aromatic heterocycles. The molecule has 0 unspecified atom stereocenters. The molecule has 0 aliphatic rings. The second-order valence-corrected chi connectivity index (χ2v) is 9.39. The summed E-state index contributed by atoms with van der Waals surface area (Å²) in [6, 6.07) is 9.39. The molecule has 0 saturated carbocycles. The van der Waals surface area contributed by atoms with Crippen LogP contribution in [0, 0.1) is 0 Å². The zero-order valence-electron chi connectivity index (χ0n) is 17.6. The number of amides is 2. The van der Waals surface area contributed by atoms with Crippen LogP contribution in [0.25, 0.3) is 10.2 Å². The molecule has 170 valence electrons. The Balaban J connectivity index is 1.58. The Kier molecular flexibility index (Phi) is 7.28. The van der Waals surface area contributed by atoms with Crippen molar-refractivity contribution in [1.29, 1.82) is 0 Å². The molecule has 0 spiro atoms. The summed E-state index contributed by atoms with van der Waals surface area (Å²) in [7, 11) is -0.960. The van der Waals surface area contributed by atoms with Gasteiger partial charge in [-0.15, -0.1) is 0 Å². The topological polar surface area (TPSA) is 136 Å². The van der Waals surface area contributed by atoms with Gasteiger partial charge in [0.05, 0.1) is 29.3 Å². The lowest BCUT2D eigenvalue weighted by molar-refractivity contribution is -0.116. The first-order valence-corrected chi connectivity index (χ1v) is 11.7. The minimum Gasteiger partial charge on any atom is -0.493 e. The van der Waals surface area contributed by atoms with Gasteiger partial charge in [-0.25, -0.2) is 18.1 Å². The number of nitrogens with zero attached hydrogens (tertiary/aromatic N) is 1. The highest BCUT2D eigenvalue weighted by molar-refractivity contribution is 7.89. The average molecular weight is 479 g/mol. The number of hydrogen-bond acceptors (Lipinski definition) is 8. The molecular weight excluding hydrogens is 456 g/mol. The number of benzene rings is 2. The van der Waals surface area contributed by atoms with E-state index in [4.69, 9.17) is 9.47 Å². The second-order valence-electron chi connectivity index (χ2n) is 6.60. The van der Waals surface area contributed by atoms with Crippen LogP contribution < -0.4 is 24.8 Å². The molecule has 0 bridgehead atoms. The molecule has 3 N–H and O–H groups in total. The molecule has 0 atom stereocenters. The predicted molar refractivity (Wildman–Crippen MR) is 122 cm³/mol. The highest BCUT2D eigenvalue weighted by atomic mass is 32.2. The van der Waals surface area contributed by atoms with E-state index in [-0.39, 0.29) is 35.4 Å². The molecule has 32 heavy (non-hydrogen) atoms. The van der Waals surface area contributed by atoms with Crippen LogP contribution in [-0.2, 0) is 19.6 Å². The molecule has 3 rings (SSSR count). The largest absolute Gasteiger partial charge is 0.493 e. The fourth-order valence-corrected chi connectivity index (χ4v) is 4.79. The Bertz CT molecular complexity index is 1260. The Morgan fingerprint density at radius 1 is 1.03 bits per heavy atom. The Hall–Kier alpha value is -3.22. The number of carbonyl (C=O) groups is 2. The minimum atomic E-state index is -3.83. The van der Waals surface area contributed by atoms with Gasteiger partial charge in [0.1, 0.15) is 0 Å². The van der Waals surface area contributed by atoms with E-state index in [1.54, 1.807) is 18.2 Å². The normalized spacial score (nSPS) is 11.2. The summed E-state index contributed by atoms with van der Waals surface area (Å²) in [6.45, 7) is 1.31. The van der Waals surface area contributed by atoms with Crippen LogP contribution in [0.1, 0.15) is 13.3 Å². The monoisotopic (exact) mass is 478 g/mol. The molecule has 0 aliphatic heterocycles. The molecule has 0 saturated heterocycles. The SMILES string of the molecule is COc1ccc(S(=O)(=O)NCCC(=O)Nc2ccc3nc(NC(C)=O)sc3c2)cc1OC. The summed E-state index contributed by atoms with van der Waals surface area (Å²) in [5.74, 6) is 0.125. The van der Waals surface area contributed by atoms with Gasteiger partial charge in [0, 0.05) is 31.6 Å². The number of fused-ring (bicyclic) bond motifs is 1. The lowest BCUT2D eigenvalue weighted by Gasteiger charge is -2.11. The summed E-state index contributed by atoms with van der Waals surface area (Å²) in [4.78, 5) is 27.7. The maximum Gasteiger partial charge on any atom is 0.240 e. The molecule has 0 fully saturated rings. The zero-order valence-corrected chi connectivity index (χ0v) is 19.2. The highest BCUT2D eigenvalue weighted by Gasteiger charge is 2.17. The molecule has 2 aromatic carbocycles. The van der Waals surface area contributed by atoms with Crippen LogP contribution in [0.2, 0.25) is 0 Å². The number of thiazole rings is 1. The van der Waals surface area contributed by atoms with Crippen molar-refractivity contribution in [3.05, 3.63) is 36.4 Å². The fraction of sp³-hybridized carbons (Fsp3) is 0.250. The quantitative estimate of drug-likeness (QED) is 0.430. The van der Waals surface area contributed by atoms with E-state index in [0.29, 0.717) is 22.1 Å². The van der Waals surface area contributed by atoms with Crippen LogP contribution in [0.5, 0.6) is 11.5 Å². The van der Waals surface area contributed by atoms with E-state index < -0.39 is 10.0 Å². The molecule has 12 heteroatoms. The summed E-state index contributed by atoms with van der Waals surface area (Å²) in [6.07, 6.45) is -0.0651. The predicted octanol–water partition coefficient (Wildman–Crippen LogP) is 2.58. The van der Waals surface area contributed by atoms with Crippen LogP contribution in [0.4, 0.5) is 10.8 Å². The van der Waals surface area contributed by atoms with Gasteiger partial charge in [0.15, 0.2) is 16.6 Å². The molecule has 0 aliphatic carbocycles. The number of ether oxygens (including phenoxy) is 2. The van der Waals surface area contributed by atoms with Crippen molar-refractivity contribution >= 4 is 54.2 Å². The number of methoxy groups -OCH3 is 2. The third kappa shape index (κ3) is 5.72. The number of sulfonamides is 1. The van der Waals surface area contributed by atoms with Crippen molar-refractivity contribution in [3.8, 4) is 11.5 Å². The summed E-state index contributed by atoms with van der Waals surface area (Å²) < 4.78 is 38.4. The number of rotatable bonds is 9. The summed E-state index contributed by atoms with van der Waals surface area (Å²) in [5, 5.41) is 5.82. The van der Waals surface area contributed by atoms with Crippen molar-refractivity contribution < 1.29 is 27.5 Å². The zero-order chi connectivity index (χ0) is 23.3. The average Bonchev–Trinajstić information content (AvgIpc) is 3.13. The van der Waals surface area contributed by atoms with Crippen LogP contribution >= 0.6 is 11.3 Å². The van der Waals surface area contributed by atoms with Gasteiger partial charge >= 0.3 is 0 Å². The number of hydrogen-bond donors (Lipinski definition) is 3. The van der Waals surface area contributed by atoms with Gasteiger partial charge in [-0.3, -0.25) is 9.59 Å². The van der Waals surface area contributed by atoms with Gasteiger partial charge in [-0.1, -0.05) is 11.3 Å². The summed E-state index contributed by atoms with van der Waals surface area (Å²) in [5.41, 5.74) is 1.24. The van der Waals surface area contributed by atoms with E-state index in [0.717, 1.165) is 4.70 Å². The van der Waals surface area contributed by atoms with Gasteiger partial charge in [0.2, 0.25) is 21.8 Å². The van der Waals surface area contributed by atoms with Gasteiger partial charge in [-0.2, -0.15) is 0 Å². The highest BCUT2D eigenvalue weighted by Crippen LogP contribution is 2.30. The van der Waals surface area contributed by atoms with Crippen molar-refractivity contribution in [2.45, 2.75) is 18.2 Å². The van der Waals surface area contributed by atoms with Crippen molar-refractivity contribution in [1.82, 2.24) is 9.71 Å². The van der Waals surface area contributed by atoms with Gasteiger partial charge in [-0.05, 0) is 30.3 Å².